The average Bonchev–Trinajstić information content (AvgIpc) is 2.70. The van der Waals surface area contributed by atoms with Gasteiger partial charge in [0.05, 0.1) is 10.6 Å². The van der Waals surface area contributed by atoms with Crippen molar-refractivity contribution in [3.8, 4) is 0 Å². The summed E-state index contributed by atoms with van der Waals surface area (Å²) < 4.78 is 0. The first-order chi connectivity index (χ1) is 6.79. The lowest BCUT2D eigenvalue weighted by Gasteiger charge is -2.03. The fraction of sp³-hybridized carbons (Fsp3) is 0. The van der Waals surface area contributed by atoms with Crippen LogP contribution >= 0.6 is 11.3 Å². The Balaban J connectivity index is 2.42. The van der Waals surface area contributed by atoms with Gasteiger partial charge in [-0.1, -0.05) is 6.07 Å². The van der Waals surface area contributed by atoms with Gasteiger partial charge >= 0.3 is 0 Å². The fourth-order valence-corrected chi connectivity index (χ4v) is 1.87. The molecular formula is C10H9N3S. The topological polar surface area (TPSA) is 62.8 Å². The Hall–Kier alpha value is -1.68. The van der Waals surface area contributed by atoms with E-state index >= 15 is 0 Å². The van der Waals surface area contributed by atoms with Crippen LogP contribution in [0.3, 0.4) is 0 Å². The molecule has 0 aliphatic rings. The van der Waals surface area contributed by atoms with Crippen LogP contribution in [0.5, 0.6) is 0 Å². The van der Waals surface area contributed by atoms with Gasteiger partial charge in [0, 0.05) is 11.8 Å². The Kier molecular flexibility index (Phi) is 2.28. The minimum Gasteiger partial charge on any atom is -0.383 e. The van der Waals surface area contributed by atoms with Crippen LogP contribution in [-0.4, -0.2) is 10.7 Å². The summed E-state index contributed by atoms with van der Waals surface area (Å²) in [5, 5.41) is 9.86. The monoisotopic (exact) mass is 203 g/mol. The highest BCUT2D eigenvalue weighted by Crippen LogP contribution is 2.17. The van der Waals surface area contributed by atoms with E-state index in [1.165, 1.54) is 11.3 Å². The van der Waals surface area contributed by atoms with E-state index < -0.39 is 0 Å². The van der Waals surface area contributed by atoms with Crippen LogP contribution in [0.2, 0.25) is 0 Å². The van der Waals surface area contributed by atoms with E-state index in [1.807, 2.05) is 23.6 Å². The molecule has 2 rings (SSSR count). The quantitative estimate of drug-likeness (QED) is 0.734. The molecule has 2 aromatic rings. The smallest absolute Gasteiger partial charge is 0.132 e. The first kappa shape index (κ1) is 8.90. The normalized spacial score (nSPS) is 10.0. The Bertz CT molecular complexity index is 448. The molecule has 70 valence electrons. The number of hydrogen-bond donors (Lipinski definition) is 2. The lowest BCUT2D eigenvalue weighted by atomic mass is 10.1. The number of pyridine rings is 1. The summed E-state index contributed by atoms with van der Waals surface area (Å²) in [6.45, 7) is 0. The van der Waals surface area contributed by atoms with Gasteiger partial charge < -0.3 is 5.73 Å². The van der Waals surface area contributed by atoms with Crippen molar-refractivity contribution in [2.24, 2.45) is 0 Å². The van der Waals surface area contributed by atoms with Gasteiger partial charge in [-0.15, -0.1) is 11.3 Å². The molecule has 0 radical (unpaired) electrons. The molecule has 2 heterocycles. The second-order valence-electron chi connectivity index (χ2n) is 2.79. The Morgan fingerprint density at radius 1 is 1.36 bits per heavy atom. The Labute approximate surface area is 85.7 Å². The first-order valence-electron chi connectivity index (χ1n) is 4.12. The summed E-state index contributed by atoms with van der Waals surface area (Å²) in [5.74, 6) is 0.408. The maximum absolute atomic E-state index is 7.92. The highest BCUT2D eigenvalue weighted by atomic mass is 32.1. The lowest BCUT2D eigenvalue weighted by molar-refractivity contribution is 1.32. The van der Waals surface area contributed by atoms with Crippen molar-refractivity contribution in [1.82, 2.24) is 4.98 Å². The first-order valence-corrected chi connectivity index (χ1v) is 5.00. The number of thiophene rings is 1. The molecule has 0 spiro atoms. The van der Waals surface area contributed by atoms with Gasteiger partial charge in [0.2, 0.25) is 0 Å². The zero-order valence-corrected chi connectivity index (χ0v) is 8.21. The van der Waals surface area contributed by atoms with Crippen LogP contribution in [0.4, 0.5) is 5.82 Å². The number of nitrogen functional groups attached to an aromatic ring is 1. The number of aromatic nitrogens is 1. The van der Waals surface area contributed by atoms with Crippen molar-refractivity contribution in [2.75, 3.05) is 5.73 Å². The molecule has 0 atom stereocenters. The second kappa shape index (κ2) is 3.59. The fourth-order valence-electron chi connectivity index (χ4n) is 1.18. The minimum absolute atomic E-state index is 0.408. The molecule has 2 aromatic heterocycles. The lowest BCUT2D eigenvalue weighted by Crippen LogP contribution is -2.04. The van der Waals surface area contributed by atoms with Gasteiger partial charge in [-0.25, -0.2) is 4.98 Å². The number of nitrogens with two attached hydrogens (primary N) is 1. The van der Waals surface area contributed by atoms with E-state index in [0.29, 0.717) is 17.1 Å². The predicted molar refractivity (Wildman–Crippen MR) is 58.9 cm³/mol. The van der Waals surface area contributed by atoms with Crippen LogP contribution in [0, 0.1) is 5.41 Å². The van der Waals surface area contributed by atoms with E-state index in [4.69, 9.17) is 11.1 Å². The van der Waals surface area contributed by atoms with Gasteiger partial charge in [-0.3, -0.25) is 5.41 Å². The van der Waals surface area contributed by atoms with Gasteiger partial charge in [-0.05, 0) is 23.6 Å². The molecule has 3 N–H and O–H groups in total. The van der Waals surface area contributed by atoms with Gasteiger partial charge in [0.1, 0.15) is 5.82 Å². The van der Waals surface area contributed by atoms with Gasteiger partial charge in [0.15, 0.2) is 0 Å². The van der Waals surface area contributed by atoms with Gasteiger partial charge in [0.25, 0.3) is 0 Å². The highest BCUT2D eigenvalue weighted by Gasteiger charge is 2.08. The third kappa shape index (κ3) is 1.52. The minimum atomic E-state index is 0.408. The molecule has 0 saturated carbocycles. The third-order valence-electron chi connectivity index (χ3n) is 1.88. The maximum Gasteiger partial charge on any atom is 0.132 e. The van der Waals surface area contributed by atoms with E-state index in [9.17, 15) is 0 Å². The Morgan fingerprint density at radius 2 is 2.21 bits per heavy atom. The largest absolute Gasteiger partial charge is 0.383 e. The molecule has 14 heavy (non-hydrogen) atoms. The van der Waals surface area contributed by atoms with Gasteiger partial charge in [-0.2, -0.15) is 0 Å². The van der Waals surface area contributed by atoms with E-state index in [1.54, 1.807) is 12.3 Å². The molecule has 0 aliphatic heterocycles. The van der Waals surface area contributed by atoms with Crippen LogP contribution in [-0.2, 0) is 0 Å². The highest BCUT2D eigenvalue weighted by molar-refractivity contribution is 7.12. The number of hydrogen-bond acceptors (Lipinski definition) is 4. The molecule has 0 aliphatic carbocycles. The van der Waals surface area contributed by atoms with Crippen LogP contribution < -0.4 is 5.73 Å². The van der Waals surface area contributed by atoms with Crippen molar-refractivity contribution in [3.05, 3.63) is 46.3 Å². The van der Waals surface area contributed by atoms with Crippen molar-refractivity contribution in [2.45, 2.75) is 0 Å². The molecule has 0 fully saturated rings. The third-order valence-corrected chi connectivity index (χ3v) is 2.76. The standard InChI is InChI=1S/C10H9N3S/c11-9(8-4-2-6-14-8)7-3-1-5-13-10(7)12/h1-6,11H,(H2,12,13). The summed E-state index contributed by atoms with van der Waals surface area (Å²) in [4.78, 5) is 4.86. The number of nitrogens with one attached hydrogen (secondary N) is 1. The molecule has 0 amide bonds. The summed E-state index contributed by atoms with van der Waals surface area (Å²) in [7, 11) is 0. The van der Waals surface area contributed by atoms with Crippen LogP contribution in [0.1, 0.15) is 10.4 Å². The summed E-state index contributed by atoms with van der Waals surface area (Å²) in [6, 6.07) is 7.42. The van der Waals surface area contributed by atoms with E-state index in [0.717, 1.165) is 4.88 Å². The molecule has 0 bridgehead atoms. The number of anilines is 1. The predicted octanol–water partition coefficient (Wildman–Crippen LogP) is 2.14. The van der Waals surface area contributed by atoms with Crippen molar-refractivity contribution >= 4 is 22.9 Å². The van der Waals surface area contributed by atoms with E-state index in [2.05, 4.69) is 4.98 Å². The molecule has 3 nitrogen and oxygen atoms in total. The van der Waals surface area contributed by atoms with Crippen LogP contribution in [0.15, 0.2) is 35.8 Å². The average molecular weight is 203 g/mol. The molecule has 4 heteroatoms. The molecule has 0 saturated heterocycles. The maximum atomic E-state index is 7.92. The van der Waals surface area contributed by atoms with Crippen molar-refractivity contribution in [1.29, 1.82) is 5.41 Å². The summed E-state index contributed by atoms with van der Waals surface area (Å²) >= 11 is 1.53. The van der Waals surface area contributed by atoms with Crippen molar-refractivity contribution < 1.29 is 0 Å². The zero-order chi connectivity index (χ0) is 9.97. The zero-order valence-electron chi connectivity index (χ0n) is 7.40. The molecular weight excluding hydrogens is 194 g/mol. The van der Waals surface area contributed by atoms with Crippen molar-refractivity contribution in [3.63, 3.8) is 0 Å². The number of rotatable bonds is 2. The van der Waals surface area contributed by atoms with E-state index in [-0.39, 0.29) is 0 Å². The molecule has 0 aromatic carbocycles. The van der Waals surface area contributed by atoms with Crippen LogP contribution in [0.25, 0.3) is 0 Å². The SMILES string of the molecule is N=C(c1cccs1)c1cccnc1N. The Morgan fingerprint density at radius 3 is 2.86 bits per heavy atom. The summed E-state index contributed by atoms with van der Waals surface area (Å²) in [6.07, 6.45) is 1.63. The number of nitrogens with zero attached hydrogens (tertiary/aromatic N) is 1. The second-order valence-corrected chi connectivity index (χ2v) is 3.74. The summed E-state index contributed by atoms with van der Waals surface area (Å²) in [5.41, 5.74) is 6.81. The molecule has 0 unspecified atom stereocenters.